The molecular weight excluding hydrogens is 254 g/mol. The van der Waals surface area contributed by atoms with E-state index in [-0.39, 0.29) is 5.97 Å². The largest absolute Gasteiger partial charge is 0.462 e. The summed E-state index contributed by atoms with van der Waals surface area (Å²) in [6.07, 6.45) is 1.53. The van der Waals surface area contributed by atoms with Gasteiger partial charge in [-0.1, -0.05) is 12.1 Å². The lowest BCUT2D eigenvalue weighted by Gasteiger charge is -2.11. The van der Waals surface area contributed by atoms with Crippen LogP contribution in [0.15, 0.2) is 24.4 Å². The fourth-order valence-electron chi connectivity index (χ4n) is 2.08. The van der Waals surface area contributed by atoms with Crippen molar-refractivity contribution < 1.29 is 9.53 Å². The molecule has 0 aliphatic carbocycles. The fraction of sp³-hybridized carbons (Fsp3) is 0.333. The fourth-order valence-corrected chi connectivity index (χ4v) is 2.08. The van der Waals surface area contributed by atoms with E-state index in [2.05, 4.69) is 10.4 Å². The third kappa shape index (κ3) is 2.52. The van der Waals surface area contributed by atoms with Gasteiger partial charge in [0, 0.05) is 7.05 Å². The first-order valence-electron chi connectivity index (χ1n) is 6.59. The highest BCUT2D eigenvalue weighted by molar-refractivity contribution is 5.94. The lowest BCUT2D eigenvalue weighted by atomic mass is 10.1. The molecule has 0 aliphatic rings. The Morgan fingerprint density at radius 2 is 2.15 bits per heavy atom. The zero-order valence-corrected chi connectivity index (χ0v) is 12.2. The first-order chi connectivity index (χ1) is 9.58. The molecule has 0 aliphatic heterocycles. The van der Waals surface area contributed by atoms with Crippen molar-refractivity contribution in [3.63, 3.8) is 0 Å². The summed E-state index contributed by atoms with van der Waals surface area (Å²) in [6.45, 7) is 6.17. The zero-order chi connectivity index (χ0) is 14.7. The minimum Gasteiger partial charge on any atom is -0.462 e. The van der Waals surface area contributed by atoms with Gasteiger partial charge in [-0.3, -0.25) is 0 Å². The molecule has 0 atom stereocenters. The van der Waals surface area contributed by atoms with Crippen LogP contribution in [0.1, 0.15) is 28.4 Å². The predicted molar refractivity (Wildman–Crippen MR) is 78.5 cm³/mol. The van der Waals surface area contributed by atoms with Crippen LogP contribution < -0.4 is 5.32 Å². The van der Waals surface area contributed by atoms with E-state index in [1.165, 1.54) is 6.20 Å². The lowest BCUT2D eigenvalue weighted by molar-refractivity contribution is 0.0527. The SMILES string of the molecule is CCOC(=O)c1cnn(-c2cc(C)ccc2C)c1NC. The van der Waals surface area contributed by atoms with E-state index in [0.717, 1.165) is 16.8 Å². The van der Waals surface area contributed by atoms with Crippen molar-refractivity contribution in [2.75, 3.05) is 19.0 Å². The van der Waals surface area contributed by atoms with Crippen LogP contribution in [0.25, 0.3) is 5.69 Å². The molecule has 1 heterocycles. The Morgan fingerprint density at radius 1 is 1.40 bits per heavy atom. The lowest BCUT2D eigenvalue weighted by Crippen LogP contribution is -2.09. The highest BCUT2D eigenvalue weighted by Crippen LogP contribution is 2.23. The highest BCUT2D eigenvalue weighted by atomic mass is 16.5. The summed E-state index contributed by atoms with van der Waals surface area (Å²) >= 11 is 0. The van der Waals surface area contributed by atoms with E-state index in [9.17, 15) is 4.79 Å². The topological polar surface area (TPSA) is 56.1 Å². The predicted octanol–water partition coefficient (Wildman–Crippen LogP) is 2.71. The molecule has 0 radical (unpaired) electrons. The number of ether oxygens (including phenoxy) is 1. The summed E-state index contributed by atoms with van der Waals surface area (Å²) in [7, 11) is 1.77. The molecule has 1 N–H and O–H groups in total. The number of esters is 1. The minimum atomic E-state index is -0.367. The van der Waals surface area contributed by atoms with Crippen LogP contribution in [-0.2, 0) is 4.74 Å². The average molecular weight is 273 g/mol. The first kappa shape index (κ1) is 14.1. The third-order valence-corrected chi connectivity index (χ3v) is 3.09. The maximum atomic E-state index is 11.9. The molecule has 20 heavy (non-hydrogen) atoms. The van der Waals surface area contributed by atoms with Crippen LogP contribution in [0.5, 0.6) is 0 Å². The van der Waals surface area contributed by atoms with E-state index in [4.69, 9.17) is 4.74 Å². The number of nitrogens with one attached hydrogen (secondary N) is 1. The molecule has 1 aromatic heterocycles. The molecule has 0 unspecified atom stereocenters. The molecule has 2 aromatic rings. The second-order valence-electron chi connectivity index (χ2n) is 4.58. The maximum absolute atomic E-state index is 11.9. The monoisotopic (exact) mass is 273 g/mol. The summed E-state index contributed by atoms with van der Waals surface area (Å²) in [5.41, 5.74) is 3.62. The molecule has 0 bridgehead atoms. The van der Waals surface area contributed by atoms with Crippen molar-refractivity contribution in [1.82, 2.24) is 9.78 Å². The van der Waals surface area contributed by atoms with Gasteiger partial charge in [0.1, 0.15) is 11.4 Å². The summed E-state index contributed by atoms with van der Waals surface area (Å²) < 4.78 is 6.77. The smallest absolute Gasteiger partial charge is 0.343 e. The molecule has 1 aromatic carbocycles. The van der Waals surface area contributed by atoms with Gasteiger partial charge >= 0.3 is 5.97 Å². The van der Waals surface area contributed by atoms with E-state index < -0.39 is 0 Å². The Kier molecular flexibility index (Phi) is 4.08. The standard InChI is InChI=1S/C15H19N3O2/c1-5-20-15(19)12-9-17-18(14(12)16-4)13-8-10(2)6-7-11(13)3/h6-9,16H,5H2,1-4H3. The molecule has 0 saturated carbocycles. The van der Waals surface area contributed by atoms with Crippen LogP contribution in [0.2, 0.25) is 0 Å². The molecule has 5 heteroatoms. The number of hydrogen-bond acceptors (Lipinski definition) is 4. The second-order valence-corrected chi connectivity index (χ2v) is 4.58. The number of rotatable bonds is 4. The van der Waals surface area contributed by atoms with Gasteiger partial charge in [-0.15, -0.1) is 0 Å². The van der Waals surface area contributed by atoms with Crippen LogP contribution in [0.4, 0.5) is 5.82 Å². The zero-order valence-electron chi connectivity index (χ0n) is 12.2. The van der Waals surface area contributed by atoms with Crippen molar-refractivity contribution in [3.05, 3.63) is 41.1 Å². The normalized spacial score (nSPS) is 10.4. The Hall–Kier alpha value is -2.30. The third-order valence-electron chi connectivity index (χ3n) is 3.09. The Bertz CT molecular complexity index is 632. The van der Waals surface area contributed by atoms with Gasteiger partial charge in [-0.05, 0) is 38.0 Å². The van der Waals surface area contributed by atoms with Crippen molar-refractivity contribution in [1.29, 1.82) is 0 Å². The van der Waals surface area contributed by atoms with Gasteiger partial charge < -0.3 is 10.1 Å². The number of carbonyl (C=O) groups is 1. The number of aromatic nitrogens is 2. The van der Waals surface area contributed by atoms with Gasteiger partial charge in [0.05, 0.1) is 18.5 Å². The van der Waals surface area contributed by atoms with Crippen LogP contribution in [0, 0.1) is 13.8 Å². The van der Waals surface area contributed by atoms with Crippen molar-refractivity contribution in [2.45, 2.75) is 20.8 Å². The molecule has 2 rings (SSSR count). The minimum absolute atomic E-state index is 0.344. The number of nitrogens with zero attached hydrogens (tertiary/aromatic N) is 2. The van der Waals surface area contributed by atoms with Crippen molar-refractivity contribution in [3.8, 4) is 5.69 Å². The summed E-state index contributed by atoms with van der Waals surface area (Å²) in [5, 5.41) is 7.34. The van der Waals surface area contributed by atoms with E-state index in [1.54, 1.807) is 18.7 Å². The number of aryl methyl sites for hydroxylation is 2. The summed E-state index contributed by atoms with van der Waals surface area (Å²) in [5.74, 6) is 0.269. The van der Waals surface area contributed by atoms with Gasteiger partial charge in [-0.2, -0.15) is 5.10 Å². The number of benzene rings is 1. The Morgan fingerprint density at radius 3 is 2.80 bits per heavy atom. The van der Waals surface area contributed by atoms with Crippen molar-refractivity contribution >= 4 is 11.8 Å². The molecule has 0 fully saturated rings. The van der Waals surface area contributed by atoms with Gasteiger partial charge in [0.2, 0.25) is 0 Å². The van der Waals surface area contributed by atoms with Crippen LogP contribution in [-0.4, -0.2) is 29.4 Å². The Balaban J connectivity index is 2.53. The molecule has 0 amide bonds. The molecule has 0 spiro atoms. The van der Waals surface area contributed by atoms with Crippen molar-refractivity contribution in [2.24, 2.45) is 0 Å². The first-order valence-corrected chi connectivity index (χ1v) is 6.59. The molecule has 0 saturated heterocycles. The summed E-state index contributed by atoms with van der Waals surface area (Å²) in [6, 6.07) is 6.13. The van der Waals surface area contributed by atoms with E-state index in [1.807, 2.05) is 32.0 Å². The van der Waals surface area contributed by atoms with Crippen LogP contribution in [0.3, 0.4) is 0 Å². The van der Waals surface area contributed by atoms with Gasteiger partial charge in [-0.25, -0.2) is 9.48 Å². The maximum Gasteiger partial charge on any atom is 0.343 e. The molecule has 5 nitrogen and oxygen atoms in total. The van der Waals surface area contributed by atoms with E-state index >= 15 is 0 Å². The number of carbonyl (C=O) groups excluding carboxylic acids is 1. The van der Waals surface area contributed by atoms with Gasteiger partial charge in [0.25, 0.3) is 0 Å². The molecule has 106 valence electrons. The molecular formula is C15H19N3O2. The number of anilines is 1. The van der Waals surface area contributed by atoms with Gasteiger partial charge in [0.15, 0.2) is 0 Å². The Labute approximate surface area is 118 Å². The number of hydrogen-bond donors (Lipinski definition) is 1. The quantitative estimate of drug-likeness (QED) is 0.870. The summed E-state index contributed by atoms with van der Waals surface area (Å²) in [4.78, 5) is 11.9. The average Bonchev–Trinajstić information content (AvgIpc) is 2.85. The van der Waals surface area contributed by atoms with E-state index in [0.29, 0.717) is 18.0 Å². The van der Waals surface area contributed by atoms with Crippen LogP contribution >= 0.6 is 0 Å². The highest BCUT2D eigenvalue weighted by Gasteiger charge is 2.19. The second kappa shape index (κ2) is 5.77.